The SMILES string of the molecule is COC(=O)c1ccc(Oc2cc(C(=O)OC(C)(C)C)ccc2Br)cc1N=O. The third-order valence-corrected chi connectivity index (χ3v) is 3.92. The molecule has 0 saturated carbocycles. The first kappa shape index (κ1) is 20.6. The molecule has 0 aliphatic rings. The molecule has 0 aliphatic heterocycles. The zero-order valence-electron chi connectivity index (χ0n) is 15.2. The lowest BCUT2D eigenvalue weighted by atomic mass is 10.1. The third kappa shape index (κ3) is 5.37. The molecule has 0 spiro atoms. The zero-order valence-corrected chi connectivity index (χ0v) is 16.8. The molecule has 8 heteroatoms. The smallest absolute Gasteiger partial charge is 0.340 e. The van der Waals surface area contributed by atoms with Crippen LogP contribution < -0.4 is 4.74 Å². The Kier molecular flexibility index (Phi) is 6.32. The van der Waals surface area contributed by atoms with Gasteiger partial charge >= 0.3 is 11.9 Å². The van der Waals surface area contributed by atoms with Crippen molar-refractivity contribution in [3.8, 4) is 11.5 Å². The van der Waals surface area contributed by atoms with Gasteiger partial charge in [0.2, 0.25) is 0 Å². The molecule has 0 saturated heterocycles. The monoisotopic (exact) mass is 435 g/mol. The lowest BCUT2D eigenvalue weighted by Gasteiger charge is -2.19. The van der Waals surface area contributed by atoms with Crippen molar-refractivity contribution in [2.45, 2.75) is 26.4 Å². The van der Waals surface area contributed by atoms with E-state index in [1.807, 2.05) is 0 Å². The van der Waals surface area contributed by atoms with E-state index >= 15 is 0 Å². The topological polar surface area (TPSA) is 91.3 Å². The highest BCUT2D eigenvalue weighted by molar-refractivity contribution is 9.10. The van der Waals surface area contributed by atoms with E-state index in [0.717, 1.165) is 0 Å². The molecule has 7 nitrogen and oxygen atoms in total. The molecule has 2 rings (SSSR count). The minimum absolute atomic E-state index is 0.0291. The average molecular weight is 436 g/mol. The van der Waals surface area contributed by atoms with Crippen molar-refractivity contribution in [2.24, 2.45) is 5.18 Å². The molecular formula is C19H18BrNO6. The van der Waals surface area contributed by atoms with Crippen molar-refractivity contribution in [1.82, 2.24) is 0 Å². The van der Waals surface area contributed by atoms with Crippen molar-refractivity contribution < 1.29 is 23.8 Å². The summed E-state index contributed by atoms with van der Waals surface area (Å²) in [7, 11) is 1.21. The summed E-state index contributed by atoms with van der Waals surface area (Å²) in [6.07, 6.45) is 0. The highest BCUT2D eigenvalue weighted by Crippen LogP contribution is 2.34. The number of hydrogen-bond acceptors (Lipinski definition) is 7. The van der Waals surface area contributed by atoms with Gasteiger partial charge in [0.15, 0.2) is 0 Å². The Morgan fingerprint density at radius 3 is 2.33 bits per heavy atom. The Morgan fingerprint density at radius 2 is 1.74 bits per heavy atom. The van der Waals surface area contributed by atoms with Crippen molar-refractivity contribution in [3.63, 3.8) is 0 Å². The number of ether oxygens (including phenoxy) is 3. The van der Waals surface area contributed by atoms with E-state index in [-0.39, 0.29) is 17.0 Å². The molecule has 2 aromatic carbocycles. The van der Waals surface area contributed by atoms with Crippen molar-refractivity contribution in [2.75, 3.05) is 7.11 Å². The molecule has 0 aromatic heterocycles. The van der Waals surface area contributed by atoms with Gasteiger partial charge in [0.25, 0.3) is 0 Å². The number of halogens is 1. The van der Waals surface area contributed by atoms with Crippen LogP contribution in [0.15, 0.2) is 46.0 Å². The number of methoxy groups -OCH3 is 1. The van der Waals surface area contributed by atoms with Crippen LogP contribution in [0.4, 0.5) is 5.69 Å². The summed E-state index contributed by atoms with van der Waals surface area (Å²) >= 11 is 3.35. The summed E-state index contributed by atoms with van der Waals surface area (Å²) in [4.78, 5) is 34.9. The van der Waals surface area contributed by atoms with Crippen LogP contribution in [0.25, 0.3) is 0 Å². The first-order chi connectivity index (χ1) is 12.6. The highest BCUT2D eigenvalue weighted by atomic mass is 79.9. The lowest BCUT2D eigenvalue weighted by molar-refractivity contribution is 0.00689. The molecule has 0 atom stereocenters. The summed E-state index contributed by atoms with van der Waals surface area (Å²) in [5, 5.41) is 2.83. The summed E-state index contributed by atoms with van der Waals surface area (Å²) in [6, 6.07) is 8.95. The van der Waals surface area contributed by atoms with E-state index in [0.29, 0.717) is 15.8 Å². The Bertz CT molecular complexity index is 888. The fraction of sp³-hybridized carbons (Fsp3) is 0.263. The highest BCUT2D eigenvalue weighted by Gasteiger charge is 2.19. The summed E-state index contributed by atoms with van der Waals surface area (Å²) in [5.41, 5.74) is -0.400. The van der Waals surface area contributed by atoms with Gasteiger partial charge in [0.1, 0.15) is 22.8 Å². The van der Waals surface area contributed by atoms with E-state index < -0.39 is 17.5 Å². The van der Waals surface area contributed by atoms with E-state index in [1.54, 1.807) is 32.9 Å². The Morgan fingerprint density at radius 1 is 1.04 bits per heavy atom. The molecule has 2 aromatic rings. The summed E-state index contributed by atoms with van der Waals surface area (Å²) in [6.45, 7) is 5.33. The minimum atomic E-state index is -0.677. The number of nitrogens with zero attached hydrogens (tertiary/aromatic N) is 1. The van der Waals surface area contributed by atoms with E-state index in [2.05, 4.69) is 25.8 Å². The van der Waals surface area contributed by atoms with Gasteiger partial charge in [-0.3, -0.25) is 0 Å². The van der Waals surface area contributed by atoms with Crippen LogP contribution in [0.1, 0.15) is 41.5 Å². The lowest BCUT2D eigenvalue weighted by Crippen LogP contribution is -2.23. The van der Waals surface area contributed by atoms with Crippen molar-refractivity contribution in [1.29, 1.82) is 0 Å². The van der Waals surface area contributed by atoms with Gasteiger partial charge in [-0.05, 0) is 72.2 Å². The van der Waals surface area contributed by atoms with E-state index in [9.17, 15) is 14.5 Å². The molecule has 0 radical (unpaired) electrons. The van der Waals surface area contributed by atoms with Crippen LogP contribution in [0.3, 0.4) is 0 Å². The molecule has 0 amide bonds. The first-order valence-electron chi connectivity index (χ1n) is 7.91. The molecule has 0 bridgehead atoms. The van der Waals surface area contributed by atoms with E-state index in [4.69, 9.17) is 9.47 Å². The molecule has 0 heterocycles. The Labute approximate surface area is 164 Å². The summed E-state index contributed by atoms with van der Waals surface area (Å²) < 4.78 is 16.3. The molecule has 0 N–H and O–H groups in total. The number of nitroso groups, excluding NO2 is 1. The van der Waals surface area contributed by atoms with Crippen LogP contribution in [-0.2, 0) is 9.47 Å². The number of carbonyl (C=O) groups is 2. The summed E-state index contributed by atoms with van der Waals surface area (Å²) in [5.74, 6) is -0.569. The number of hydrogen-bond donors (Lipinski definition) is 0. The van der Waals surface area contributed by atoms with Gasteiger partial charge in [-0.1, -0.05) is 0 Å². The molecule has 0 fully saturated rings. The fourth-order valence-electron chi connectivity index (χ4n) is 2.11. The Balaban J connectivity index is 2.32. The maximum absolute atomic E-state index is 12.2. The average Bonchev–Trinajstić information content (AvgIpc) is 2.61. The van der Waals surface area contributed by atoms with Gasteiger partial charge in [-0.25, -0.2) is 9.59 Å². The normalized spacial score (nSPS) is 10.9. The number of carbonyl (C=O) groups excluding carboxylic acids is 2. The number of esters is 2. The molecule has 0 aliphatic carbocycles. The second kappa shape index (κ2) is 8.30. The maximum Gasteiger partial charge on any atom is 0.340 e. The quantitative estimate of drug-likeness (QED) is 0.462. The van der Waals surface area contributed by atoms with Crippen LogP contribution in [0.5, 0.6) is 11.5 Å². The van der Waals surface area contributed by atoms with Crippen LogP contribution >= 0.6 is 15.9 Å². The van der Waals surface area contributed by atoms with Gasteiger partial charge in [-0.15, -0.1) is 4.91 Å². The standard InChI is InChI=1S/C19H18BrNO6/c1-19(2,3)27-17(22)11-5-8-14(20)16(9-11)26-12-6-7-13(18(23)25-4)15(10-12)21-24/h5-10H,1-4H3. The van der Waals surface area contributed by atoms with Crippen LogP contribution in [-0.4, -0.2) is 24.6 Å². The van der Waals surface area contributed by atoms with Crippen LogP contribution in [0.2, 0.25) is 0 Å². The van der Waals surface area contributed by atoms with Gasteiger partial charge in [0, 0.05) is 6.07 Å². The van der Waals surface area contributed by atoms with Gasteiger partial charge in [0.05, 0.1) is 22.7 Å². The predicted octanol–water partition coefficient (Wildman–Crippen LogP) is 5.38. The largest absolute Gasteiger partial charge is 0.465 e. The second-order valence-electron chi connectivity index (χ2n) is 6.51. The zero-order chi connectivity index (χ0) is 20.2. The predicted molar refractivity (Wildman–Crippen MR) is 103 cm³/mol. The minimum Gasteiger partial charge on any atom is -0.465 e. The molecule has 142 valence electrons. The van der Waals surface area contributed by atoms with Gasteiger partial charge < -0.3 is 14.2 Å². The van der Waals surface area contributed by atoms with Crippen LogP contribution in [0, 0.1) is 4.91 Å². The van der Waals surface area contributed by atoms with E-state index in [1.165, 1.54) is 31.4 Å². The molecule has 27 heavy (non-hydrogen) atoms. The van der Waals surface area contributed by atoms with Crippen molar-refractivity contribution in [3.05, 3.63) is 56.9 Å². The number of benzene rings is 2. The first-order valence-corrected chi connectivity index (χ1v) is 8.70. The molecular weight excluding hydrogens is 418 g/mol. The number of rotatable bonds is 5. The Hall–Kier alpha value is -2.74. The van der Waals surface area contributed by atoms with Crippen molar-refractivity contribution >= 4 is 33.6 Å². The van der Waals surface area contributed by atoms with Gasteiger partial charge in [-0.2, -0.15) is 0 Å². The maximum atomic E-state index is 12.2. The second-order valence-corrected chi connectivity index (χ2v) is 7.37. The molecule has 0 unspecified atom stereocenters. The third-order valence-electron chi connectivity index (χ3n) is 3.27. The fourth-order valence-corrected chi connectivity index (χ4v) is 2.43.